The Morgan fingerprint density at radius 2 is 1.61 bits per heavy atom. The molecule has 3 amide bonds. The molecule has 0 radical (unpaired) electrons. The lowest BCUT2D eigenvalue weighted by molar-refractivity contribution is 0.0879. The number of hydrogen-bond acceptors (Lipinski definition) is 6. The van der Waals surface area contributed by atoms with Gasteiger partial charge in [-0.3, -0.25) is 4.79 Å². The van der Waals surface area contributed by atoms with E-state index in [9.17, 15) is 9.59 Å². The average Bonchev–Trinajstić information content (AvgIpc) is 2.88. The van der Waals surface area contributed by atoms with Crippen molar-refractivity contribution in [3.8, 4) is 5.75 Å². The number of benzene rings is 1. The van der Waals surface area contributed by atoms with Crippen molar-refractivity contribution < 1.29 is 14.3 Å². The second-order valence-electron chi connectivity index (χ2n) is 10.4. The van der Waals surface area contributed by atoms with Crippen LogP contribution in [0.4, 0.5) is 10.5 Å². The van der Waals surface area contributed by atoms with Crippen LogP contribution in [0.2, 0.25) is 5.02 Å². The fourth-order valence-corrected chi connectivity index (χ4v) is 5.67. The van der Waals surface area contributed by atoms with Gasteiger partial charge in [0.05, 0.1) is 22.9 Å². The molecule has 1 aromatic rings. The number of nitrogens with two attached hydrogens (primary N) is 2. The number of rotatable bonds is 6. The van der Waals surface area contributed by atoms with E-state index < -0.39 is 0 Å². The lowest BCUT2D eigenvalue weighted by Crippen LogP contribution is -2.51. The molecule has 9 nitrogen and oxygen atoms in total. The molecule has 200 valence electrons. The number of halogens is 1. The quantitative estimate of drug-likeness (QED) is 0.496. The number of nitrogens with zero attached hydrogens (tertiary/aromatic N) is 3. The summed E-state index contributed by atoms with van der Waals surface area (Å²) >= 11 is 6.16. The Morgan fingerprint density at radius 1 is 1.00 bits per heavy atom. The number of likely N-dealkylation sites (tertiary alicyclic amines) is 3. The van der Waals surface area contributed by atoms with Crippen LogP contribution in [0.25, 0.3) is 0 Å². The number of carbonyl (C=O) groups is 2. The van der Waals surface area contributed by atoms with Gasteiger partial charge in [-0.1, -0.05) is 11.6 Å². The van der Waals surface area contributed by atoms with Crippen LogP contribution in [0.5, 0.6) is 5.75 Å². The molecule has 36 heavy (non-hydrogen) atoms. The fourth-order valence-electron chi connectivity index (χ4n) is 5.51. The van der Waals surface area contributed by atoms with Crippen LogP contribution >= 0.6 is 11.6 Å². The zero-order chi connectivity index (χ0) is 25.7. The molecule has 0 atom stereocenters. The first-order chi connectivity index (χ1) is 17.3. The van der Waals surface area contributed by atoms with Crippen molar-refractivity contribution in [3.63, 3.8) is 0 Å². The van der Waals surface area contributed by atoms with E-state index in [1.807, 2.05) is 16.7 Å². The Labute approximate surface area is 219 Å². The predicted molar refractivity (Wildman–Crippen MR) is 142 cm³/mol. The molecule has 0 aliphatic carbocycles. The smallest absolute Gasteiger partial charge is 0.319 e. The van der Waals surface area contributed by atoms with Crippen molar-refractivity contribution in [2.24, 2.45) is 11.7 Å². The topological polar surface area (TPSA) is 117 Å². The van der Waals surface area contributed by atoms with E-state index in [1.54, 1.807) is 12.1 Å². The third-order valence-corrected chi connectivity index (χ3v) is 8.11. The third kappa shape index (κ3) is 6.75. The predicted octanol–water partition coefficient (Wildman–Crippen LogP) is 2.77. The van der Waals surface area contributed by atoms with Gasteiger partial charge < -0.3 is 36.2 Å². The first-order valence-corrected chi connectivity index (χ1v) is 13.8. The SMILES string of the molecule is CCOc1cc(N)c(Cl)cc1C(=O)NC1CCN(CC2CCN(C(=O)N3CCC(N)CC3)CC2)CC1. The van der Waals surface area contributed by atoms with E-state index in [2.05, 4.69) is 10.2 Å². The highest BCUT2D eigenvalue weighted by atomic mass is 35.5. The molecule has 0 bridgehead atoms. The molecule has 4 rings (SSSR count). The standard InChI is InChI=1S/C26H41ClN6O3/c1-2-36-24-16-23(29)22(27)15-21(24)25(34)30-20-7-9-31(10-8-20)17-18-3-11-32(12-4-18)26(35)33-13-5-19(28)6-14-33/h15-16,18-20H,2-14,17,28-29H2,1H3,(H,30,34). The molecule has 3 aliphatic rings. The number of nitrogens with one attached hydrogen (secondary N) is 1. The van der Waals surface area contributed by atoms with Crippen molar-refractivity contribution in [2.75, 3.05) is 58.2 Å². The molecule has 0 aromatic heterocycles. The second kappa shape index (κ2) is 12.3. The zero-order valence-corrected chi connectivity index (χ0v) is 22.1. The molecule has 5 N–H and O–H groups in total. The first-order valence-electron chi connectivity index (χ1n) is 13.4. The minimum atomic E-state index is -0.175. The highest BCUT2D eigenvalue weighted by Crippen LogP contribution is 2.29. The minimum Gasteiger partial charge on any atom is -0.493 e. The molecule has 3 heterocycles. The van der Waals surface area contributed by atoms with E-state index in [4.69, 9.17) is 27.8 Å². The lowest BCUT2D eigenvalue weighted by atomic mass is 9.94. The summed E-state index contributed by atoms with van der Waals surface area (Å²) in [6, 6.07) is 3.75. The number of piperidine rings is 3. The van der Waals surface area contributed by atoms with Crippen LogP contribution in [-0.4, -0.2) is 91.1 Å². The summed E-state index contributed by atoms with van der Waals surface area (Å²) in [5, 5.41) is 3.51. The number of nitrogen functional groups attached to an aromatic ring is 1. The largest absolute Gasteiger partial charge is 0.493 e. The number of ether oxygens (including phenoxy) is 1. The molecule has 0 unspecified atom stereocenters. The van der Waals surface area contributed by atoms with Crippen LogP contribution in [0.3, 0.4) is 0 Å². The van der Waals surface area contributed by atoms with Gasteiger partial charge in [0.15, 0.2) is 0 Å². The van der Waals surface area contributed by atoms with Gasteiger partial charge in [0.25, 0.3) is 5.91 Å². The van der Waals surface area contributed by atoms with E-state index >= 15 is 0 Å². The van der Waals surface area contributed by atoms with Crippen molar-refractivity contribution in [1.82, 2.24) is 20.0 Å². The molecule has 0 spiro atoms. The molecule has 3 aliphatic heterocycles. The first kappa shape index (κ1) is 26.8. The summed E-state index contributed by atoms with van der Waals surface area (Å²) in [6.45, 7) is 8.53. The maximum absolute atomic E-state index is 12.9. The Balaban J connectivity index is 1.19. The highest BCUT2D eigenvalue weighted by Gasteiger charge is 2.30. The molecule has 1 aromatic carbocycles. The number of urea groups is 1. The van der Waals surface area contributed by atoms with Gasteiger partial charge in [0.2, 0.25) is 0 Å². The van der Waals surface area contributed by atoms with Gasteiger partial charge >= 0.3 is 6.03 Å². The van der Waals surface area contributed by atoms with Crippen LogP contribution in [0.1, 0.15) is 55.8 Å². The number of hydrogen-bond donors (Lipinski definition) is 3. The van der Waals surface area contributed by atoms with Crippen LogP contribution in [0.15, 0.2) is 12.1 Å². The van der Waals surface area contributed by atoms with E-state index in [1.165, 1.54) is 0 Å². The van der Waals surface area contributed by atoms with Crippen LogP contribution in [-0.2, 0) is 0 Å². The Bertz CT molecular complexity index is 907. The normalized spacial score (nSPS) is 21.0. The molecule has 10 heteroatoms. The maximum atomic E-state index is 12.9. The second-order valence-corrected chi connectivity index (χ2v) is 10.8. The van der Waals surface area contributed by atoms with E-state index in [-0.39, 0.29) is 24.0 Å². The third-order valence-electron chi connectivity index (χ3n) is 7.78. The average molecular weight is 521 g/mol. The summed E-state index contributed by atoms with van der Waals surface area (Å²) in [6.07, 6.45) is 5.72. The van der Waals surface area contributed by atoms with Gasteiger partial charge in [-0.2, -0.15) is 0 Å². The van der Waals surface area contributed by atoms with Crippen LogP contribution < -0.4 is 21.5 Å². The summed E-state index contributed by atoms with van der Waals surface area (Å²) in [4.78, 5) is 32.3. The van der Waals surface area contributed by atoms with Crippen molar-refractivity contribution in [1.29, 1.82) is 0 Å². The van der Waals surface area contributed by atoms with Crippen molar-refractivity contribution in [2.45, 2.75) is 57.5 Å². The molecule has 3 saturated heterocycles. The van der Waals surface area contributed by atoms with Gasteiger partial charge in [-0.25, -0.2) is 4.79 Å². The van der Waals surface area contributed by atoms with E-state index in [0.29, 0.717) is 34.5 Å². The summed E-state index contributed by atoms with van der Waals surface area (Å²) in [7, 11) is 0. The minimum absolute atomic E-state index is 0.122. The Kier molecular flexibility index (Phi) is 9.19. The summed E-state index contributed by atoms with van der Waals surface area (Å²) in [5.74, 6) is 0.898. The highest BCUT2D eigenvalue weighted by molar-refractivity contribution is 6.33. The fraction of sp³-hybridized carbons (Fsp3) is 0.692. The zero-order valence-electron chi connectivity index (χ0n) is 21.4. The lowest BCUT2D eigenvalue weighted by Gasteiger charge is -2.40. The monoisotopic (exact) mass is 520 g/mol. The van der Waals surface area contributed by atoms with Gasteiger partial charge in [0, 0.05) is 64.0 Å². The number of amides is 3. The number of carbonyl (C=O) groups excluding carboxylic acids is 2. The van der Waals surface area contributed by atoms with Crippen LogP contribution in [0, 0.1) is 5.92 Å². The Morgan fingerprint density at radius 3 is 2.22 bits per heavy atom. The van der Waals surface area contributed by atoms with E-state index in [0.717, 1.165) is 84.3 Å². The summed E-state index contributed by atoms with van der Waals surface area (Å²) in [5.41, 5.74) is 12.7. The number of anilines is 1. The van der Waals surface area contributed by atoms with Gasteiger partial charge in [-0.05, 0) is 57.4 Å². The maximum Gasteiger partial charge on any atom is 0.319 e. The summed E-state index contributed by atoms with van der Waals surface area (Å²) < 4.78 is 5.61. The Hall–Kier alpha value is -2.23. The van der Waals surface area contributed by atoms with Crippen molar-refractivity contribution >= 4 is 29.2 Å². The van der Waals surface area contributed by atoms with Gasteiger partial charge in [0.1, 0.15) is 5.75 Å². The molecule has 0 saturated carbocycles. The van der Waals surface area contributed by atoms with Gasteiger partial charge in [-0.15, -0.1) is 0 Å². The molecule has 3 fully saturated rings. The molecular formula is C26H41ClN6O3. The molecular weight excluding hydrogens is 480 g/mol. The van der Waals surface area contributed by atoms with Crippen molar-refractivity contribution in [3.05, 3.63) is 22.7 Å².